The number of rotatable bonds is 3. The second-order valence-electron chi connectivity index (χ2n) is 6.95. The van der Waals surface area contributed by atoms with E-state index in [9.17, 15) is 4.39 Å². The lowest BCUT2D eigenvalue weighted by Gasteiger charge is -2.21. The first-order valence-electron chi connectivity index (χ1n) is 9.18. The summed E-state index contributed by atoms with van der Waals surface area (Å²) >= 11 is 0. The Kier molecular flexibility index (Phi) is 3.90. The molecule has 2 aromatic carbocycles. The largest absolute Gasteiger partial charge is 0.340 e. The lowest BCUT2D eigenvalue weighted by molar-refractivity contribution is 0.627. The van der Waals surface area contributed by atoms with Crippen molar-refractivity contribution in [3.05, 3.63) is 84.0 Å². The van der Waals surface area contributed by atoms with Crippen molar-refractivity contribution in [3.8, 4) is 16.9 Å². The highest BCUT2D eigenvalue weighted by atomic mass is 19.1. The molecule has 0 saturated heterocycles. The monoisotopic (exact) mass is 371 g/mol. The van der Waals surface area contributed by atoms with Crippen molar-refractivity contribution in [2.45, 2.75) is 19.8 Å². The smallest absolute Gasteiger partial charge is 0.137 e. The first kappa shape index (κ1) is 16.6. The Hall–Kier alpha value is -3.54. The topological polar surface area (TPSA) is 55.6 Å². The quantitative estimate of drug-likeness (QED) is 0.571. The number of benzene rings is 2. The zero-order valence-corrected chi connectivity index (χ0v) is 15.4. The van der Waals surface area contributed by atoms with Crippen LogP contribution in [-0.2, 0) is 12.8 Å². The summed E-state index contributed by atoms with van der Waals surface area (Å²) in [6, 6.07) is 13.0. The lowest BCUT2D eigenvalue weighted by atomic mass is 9.89. The summed E-state index contributed by atoms with van der Waals surface area (Å²) < 4.78 is 15.8. The second-order valence-corrected chi connectivity index (χ2v) is 6.95. The number of hydrogen-bond donors (Lipinski definition) is 1. The molecule has 2 heterocycles. The molecule has 5 nitrogen and oxygen atoms in total. The van der Waals surface area contributed by atoms with Gasteiger partial charge in [0.2, 0.25) is 0 Å². The molecule has 1 aliphatic rings. The minimum atomic E-state index is -0.247. The summed E-state index contributed by atoms with van der Waals surface area (Å²) in [5.74, 6) is 0.516. The Morgan fingerprint density at radius 2 is 1.96 bits per heavy atom. The Morgan fingerprint density at radius 1 is 1.04 bits per heavy atom. The van der Waals surface area contributed by atoms with Crippen LogP contribution in [0.2, 0.25) is 0 Å². The number of aromatic nitrogens is 4. The number of fused-ring (bicyclic) bond motifs is 3. The summed E-state index contributed by atoms with van der Waals surface area (Å²) in [7, 11) is 0. The van der Waals surface area contributed by atoms with Crippen molar-refractivity contribution < 1.29 is 4.39 Å². The summed E-state index contributed by atoms with van der Waals surface area (Å²) in [5.41, 5.74) is 6.71. The van der Waals surface area contributed by atoms with E-state index in [1.165, 1.54) is 12.4 Å². The summed E-state index contributed by atoms with van der Waals surface area (Å²) in [6.07, 6.45) is 6.98. The number of anilines is 2. The lowest BCUT2D eigenvalue weighted by Crippen LogP contribution is -2.10. The highest BCUT2D eigenvalue weighted by Crippen LogP contribution is 2.36. The van der Waals surface area contributed by atoms with E-state index >= 15 is 0 Å². The van der Waals surface area contributed by atoms with Crippen LogP contribution in [0.3, 0.4) is 0 Å². The number of nitrogens with one attached hydrogen (secondary N) is 1. The third-order valence-corrected chi connectivity index (χ3v) is 5.04. The van der Waals surface area contributed by atoms with Crippen LogP contribution in [0.5, 0.6) is 0 Å². The van der Waals surface area contributed by atoms with Gasteiger partial charge in [-0.05, 0) is 55.7 Å². The van der Waals surface area contributed by atoms with Crippen molar-refractivity contribution in [2.24, 2.45) is 0 Å². The van der Waals surface area contributed by atoms with Crippen LogP contribution in [0, 0.1) is 12.7 Å². The van der Waals surface area contributed by atoms with Crippen molar-refractivity contribution in [2.75, 3.05) is 5.32 Å². The predicted molar refractivity (Wildman–Crippen MR) is 106 cm³/mol. The van der Waals surface area contributed by atoms with Crippen LogP contribution in [0.25, 0.3) is 16.9 Å². The maximum Gasteiger partial charge on any atom is 0.137 e. The van der Waals surface area contributed by atoms with E-state index in [0.29, 0.717) is 0 Å². The van der Waals surface area contributed by atoms with E-state index in [0.717, 1.165) is 58.1 Å². The van der Waals surface area contributed by atoms with Gasteiger partial charge >= 0.3 is 0 Å². The molecular weight excluding hydrogens is 353 g/mol. The normalized spacial score (nSPS) is 12.4. The fraction of sp³-hybridized carbons (Fsp3) is 0.136. The molecule has 0 radical (unpaired) electrons. The molecule has 0 atom stereocenters. The van der Waals surface area contributed by atoms with Crippen molar-refractivity contribution in [1.82, 2.24) is 19.5 Å². The molecule has 0 fully saturated rings. The van der Waals surface area contributed by atoms with Crippen LogP contribution in [-0.4, -0.2) is 19.5 Å². The number of halogens is 1. The standard InChI is InChI=1S/C22H18FN5/c1-14-11-28(13-26-14)18-4-2-3-17(10-18)27-22-19-8-6-15-5-7-16(23)9-20(15)21(19)24-12-25-22/h2-5,7,9-13H,6,8H2,1H3,(H,24,25,27). The molecule has 4 aromatic rings. The predicted octanol–water partition coefficient (Wildman–Crippen LogP) is 4.62. The van der Waals surface area contributed by atoms with Crippen LogP contribution >= 0.6 is 0 Å². The molecule has 0 amide bonds. The zero-order chi connectivity index (χ0) is 19.1. The molecular formula is C22H18FN5. The summed E-state index contributed by atoms with van der Waals surface area (Å²) in [4.78, 5) is 13.2. The van der Waals surface area contributed by atoms with E-state index in [1.807, 2.05) is 48.0 Å². The SMILES string of the molecule is Cc1cn(-c2cccc(Nc3ncnc4c3CCc3ccc(F)cc3-4)c2)cn1. The Morgan fingerprint density at radius 3 is 2.82 bits per heavy atom. The van der Waals surface area contributed by atoms with Gasteiger partial charge in [-0.15, -0.1) is 0 Å². The summed E-state index contributed by atoms with van der Waals surface area (Å²) in [6.45, 7) is 1.96. The number of imidazole rings is 1. The van der Waals surface area contributed by atoms with Gasteiger partial charge in [0.1, 0.15) is 18.0 Å². The second kappa shape index (κ2) is 6.56. The highest BCUT2D eigenvalue weighted by Gasteiger charge is 2.21. The van der Waals surface area contributed by atoms with Gasteiger partial charge in [0, 0.05) is 28.7 Å². The van der Waals surface area contributed by atoms with E-state index in [4.69, 9.17) is 0 Å². The molecule has 0 bridgehead atoms. The minimum absolute atomic E-state index is 0.247. The van der Waals surface area contributed by atoms with Gasteiger partial charge in [-0.3, -0.25) is 0 Å². The molecule has 0 aliphatic heterocycles. The third-order valence-electron chi connectivity index (χ3n) is 5.04. The van der Waals surface area contributed by atoms with Crippen LogP contribution in [0.4, 0.5) is 15.9 Å². The van der Waals surface area contributed by atoms with Gasteiger partial charge in [-0.25, -0.2) is 19.3 Å². The molecule has 0 spiro atoms. The highest BCUT2D eigenvalue weighted by molar-refractivity contribution is 5.75. The molecule has 138 valence electrons. The molecule has 5 rings (SSSR count). The first-order chi connectivity index (χ1) is 13.7. The van der Waals surface area contributed by atoms with Crippen molar-refractivity contribution in [3.63, 3.8) is 0 Å². The summed E-state index contributed by atoms with van der Waals surface area (Å²) in [5, 5.41) is 3.42. The van der Waals surface area contributed by atoms with Crippen LogP contribution in [0.15, 0.2) is 61.3 Å². The maximum atomic E-state index is 13.8. The maximum absolute atomic E-state index is 13.8. The van der Waals surface area contributed by atoms with Crippen molar-refractivity contribution >= 4 is 11.5 Å². The van der Waals surface area contributed by atoms with Crippen LogP contribution < -0.4 is 5.32 Å². The fourth-order valence-corrected chi connectivity index (χ4v) is 3.68. The molecule has 0 unspecified atom stereocenters. The third kappa shape index (κ3) is 2.93. The number of nitrogens with zero attached hydrogens (tertiary/aromatic N) is 4. The Bertz CT molecular complexity index is 1180. The zero-order valence-electron chi connectivity index (χ0n) is 15.4. The molecule has 6 heteroatoms. The molecule has 1 aliphatic carbocycles. The molecule has 1 N–H and O–H groups in total. The van der Waals surface area contributed by atoms with Gasteiger partial charge in [0.25, 0.3) is 0 Å². The molecule has 2 aromatic heterocycles. The number of aryl methyl sites for hydroxylation is 2. The van der Waals surface area contributed by atoms with Gasteiger partial charge in [-0.2, -0.15) is 0 Å². The van der Waals surface area contributed by atoms with Crippen LogP contribution in [0.1, 0.15) is 16.8 Å². The van der Waals surface area contributed by atoms with Gasteiger partial charge in [-0.1, -0.05) is 12.1 Å². The van der Waals surface area contributed by atoms with E-state index in [1.54, 1.807) is 12.4 Å². The Balaban J connectivity index is 1.52. The minimum Gasteiger partial charge on any atom is -0.340 e. The van der Waals surface area contributed by atoms with Crippen molar-refractivity contribution in [1.29, 1.82) is 0 Å². The van der Waals surface area contributed by atoms with Gasteiger partial charge < -0.3 is 9.88 Å². The number of hydrogen-bond acceptors (Lipinski definition) is 4. The van der Waals surface area contributed by atoms with Gasteiger partial charge in [0.05, 0.1) is 17.7 Å². The average Bonchev–Trinajstić information content (AvgIpc) is 3.15. The van der Waals surface area contributed by atoms with E-state index in [2.05, 4.69) is 20.3 Å². The fourth-order valence-electron chi connectivity index (χ4n) is 3.68. The Labute approximate surface area is 161 Å². The average molecular weight is 371 g/mol. The molecule has 28 heavy (non-hydrogen) atoms. The van der Waals surface area contributed by atoms with Gasteiger partial charge in [0.15, 0.2) is 0 Å². The molecule has 0 saturated carbocycles. The van der Waals surface area contributed by atoms with E-state index in [-0.39, 0.29) is 5.82 Å². The first-order valence-corrected chi connectivity index (χ1v) is 9.18. The van der Waals surface area contributed by atoms with E-state index < -0.39 is 0 Å².